The maximum absolute atomic E-state index is 12.2. The van der Waals surface area contributed by atoms with Crippen LogP contribution in [0.25, 0.3) is 0 Å². The summed E-state index contributed by atoms with van der Waals surface area (Å²) < 4.78 is 11.1. The molecule has 0 aromatic heterocycles. The van der Waals surface area contributed by atoms with Crippen LogP contribution in [0, 0.1) is 0 Å². The van der Waals surface area contributed by atoms with E-state index in [2.05, 4.69) is 5.32 Å². The molecule has 5 nitrogen and oxygen atoms in total. The minimum Gasteiger partial charge on any atom is -0.485 e. The quantitative estimate of drug-likeness (QED) is 0.803. The van der Waals surface area contributed by atoms with Crippen molar-refractivity contribution in [2.45, 2.75) is 31.9 Å². The molecule has 20 heavy (non-hydrogen) atoms. The van der Waals surface area contributed by atoms with Gasteiger partial charge in [0.2, 0.25) is 6.10 Å². The Morgan fingerprint density at radius 1 is 1.50 bits per heavy atom. The summed E-state index contributed by atoms with van der Waals surface area (Å²) in [5.74, 6) is 0.961. The summed E-state index contributed by atoms with van der Waals surface area (Å²) >= 11 is 4.96. The van der Waals surface area contributed by atoms with E-state index in [1.54, 1.807) is 12.1 Å². The lowest BCUT2D eigenvalue weighted by molar-refractivity contribution is -0.130. The smallest absolute Gasteiger partial charge is 0.265 e. The number of carbonyl (C=O) groups is 1. The summed E-state index contributed by atoms with van der Waals surface area (Å²) in [4.78, 5) is 12.5. The van der Waals surface area contributed by atoms with Crippen molar-refractivity contribution in [3.05, 3.63) is 24.3 Å². The number of nitrogens with two attached hydrogens (primary N) is 1. The van der Waals surface area contributed by atoms with Gasteiger partial charge in [-0.25, -0.2) is 0 Å². The molecule has 2 atom stereocenters. The van der Waals surface area contributed by atoms with Crippen LogP contribution in [0.15, 0.2) is 24.3 Å². The molecule has 1 aliphatic heterocycles. The van der Waals surface area contributed by atoms with Crippen molar-refractivity contribution >= 4 is 23.1 Å². The minimum absolute atomic E-state index is 0.180. The van der Waals surface area contributed by atoms with Crippen LogP contribution in [0.5, 0.6) is 11.5 Å². The lowest BCUT2D eigenvalue weighted by Gasteiger charge is -2.27. The summed E-state index contributed by atoms with van der Waals surface area (Å²) in [5, 5.41) is 2.81. The van der Waals surface area contributed by atoms with Gasteiger partial charge in [0.1, 0.15) is 6.61 Å². The number of ether oxygens (including phenoxy) is 2. The van der Waals surface area contributed by atoms with Gasteiger partial charge in [0.15, 0.2) is 11.5 Å². The Kier molecular flexibility index (Phi) is 4.79. The summed E-state index contributed by atoms with van der Waals surface area (Å²) in [5.41, 5.74) is 5.62. The first-order valence-corrected chi connectivity index (χ1v) is 7.00. The van der Waals surface area contributed by atoms with E-state index in [-0.39, 0.29) is 23.5 Å². The third-order valence-electron chi connectivity index (χ3n) is 3.04. The first-order chi connectivity index (χ1) is 9.61. The monoisotopic (exact) mass is 294 g/mol. The van der Waals surface area contributed by atoms with Crippen molar-refractivity contribution in [2.24, 2.45) is 5.73 Å². The molecular formula is C14H18N2O3S. The molecular weight excluding hydrogens is 276 g/mol. The van der Waals surface area contributed by atoms with Crippen LogP contribution in [0.1, 0.15) is 19.8 Å². The van der Waals surface area contributed by atoms with Crippen LogP contribution in [0.4, 0.5) is 0 Å². The zero-order valence-electron chi connectivity index (χ0n) is 11.3. The summed E-state index contributed by atoms with van der Waals surface area (Å²) in [6.07, 6.45) is 0.914. The summed E-state index contributed by atoms with van der Waals surface area (Å²) in [6.45, 7) is 2.19. The van der Waals surface area contributed by atoms with Gasteiger partial charge in [-0.15, -0.1) is 0 Å². The topological polar surface area (TPSA) is 73.6 Å². The molecule has 1 heterocycles. The molecule has 0 bridgehead atoms. The number of benzene rings is 1. The lowest BCUT2D eigenvalue weighted by Crippen LogP contribution is -2.51. The van der Waals surface area contributed by atoms with Crippen molar-refractivity contribution in [1.29, 1.82) is 0 Å². The molecule has 1 aliphatic rings. The molecule has 2 rings (SSSR count). The Bertz CT molecular complexity index is 507. The third-order valence-corrected chi connectivity index (χ3v) is 3.32. The van der Waals surface area contributed by atoms with Crippen molar-refractivity contribution in [1.82, 2.24) is 5.32 Å². The maximum Gasteiger partial charge on any atom is 0.265 e. The van der Waals surface area contributed by atoms with E-state index in [9.17, 15) is 4.79 Å². The van der Waals surface area contributed by atoms with E-state index in [1.807, 2.05) is 19.1 Å². The van der Waals surface area contributed by atoms with Gasteiger partial charge in [-0.2, -0.15) is 0 Å². The van der Waals surface area contributed by atoms with Crippen LogP contribution < -0.4 is 20.5 Å². The average Bonchev–Trinajstić information content (AvgIpc) is 2.46. The van der Waals surface area contributed by atoms with Crippen LogP contribution in [-0.2, 0) is 4.79 Å². The van der Waals surface area contributed by atoms with Crippen molar-refractivity contribution in [2.75, 3.05) is 6.61 Å². The standard InChI is InChI=1S/C14H18N2O3S/c1-2-5-9(13(15)20)16-14(17)12-8-18-10-6-3-4-7-11(10)19-12/h3-4,6-7,9,12H,2,5,8H2,1H3,(H2,15,20)(H,16,17). The van der Waals surface area contributed by atoms with Crippen LogP contribution in [-0.4, -0.2) is 29.6 Å². The molecule has 0 fully saturated rings. The van der Waals surface area contributed by atoms with E-state index in [4.69, 9.17) is 27.4 Å². The SMILES string of the molecule is CCCC(NC(=O)C1COc2ccccc2O1)C(N)=S. The Labute approximate surface area is 123 Å². The Hall–Kier alpha value is -1.82. The molecule has 1 amide bonds. The van der Waals surface area contributed by atoms with E-state index in [1.165, 1.54) is 0 Å². The highest BCUT2D eigenvalue weighted by molar-refractivity contribution is 7.80. The number of nitrogens with one attached hydrogen (secondary N) is 1. The normalized spacial score (nSPS) is 18.1. The van der Waals surface area contributed by atoms with E-state index in [0.717, 1.165) is 6.42 Å². The van der Waals surface area contributed by atoms with E-state index in [0.29, 0.717) is 17.9 Å². The number of carbonyl (C=O) groups excluding carboxylic acids is 1. The van der Waals surface area contributed by atoms with Gasteiger partial charge in [-0.05, 0) is 18.6 Å². The van der Waals surface area contributed by atoms with Crippen LogP contribution >= 0.6 is 12.2 Å². The minimum atomic E-state index is -0.682. The average molecular weight is 294 g/mol. The first-order valence-electron chi connectivity index (χ1n) is 6.60. The number of para-hydroxylation sites is 2. The molecule has 0 saturated heterocycles. The number of fused-ring (bicyclic) bond motifs is 1. The number of amides is 1. The summed E-state index contributed by atoms with van der Waals surface area (Å²) in [6, 6.07) is 6.96. The van der Waals surface area contributed by atoms with Gasteiger partial charge in [-0.3, -0.25) is 4.79 Å². The number of rotatable bonds is 5. The fourth-order valence-corrected chi connectivity index (χ4v) is 2.16. The zero-order chi connectivity index (χ0) is 14.5. The highest BCUT2D eigenvalue weighted by Gasteiger charge is 2.29. The number of thiocarbonyl (C=S) groups is 1. The first kappa shape index (κ1) is 14.6. The molecule has 1 aromatic rings. The lowest BCUT2D eigenvalue weighted by atomic mass is 10.1. The second kappa shape index (κ2) is 6.56. The van der Waals surface area contributed by atoms with Crippen molar-refractivity contribution in [3.63, 3.8) is 0 Å². The van der Waals surface area contributed by atoms with Crippen molar-refractivity contribution in [3.8, 4) is 11.5 Å². The van der Waals surface area contributed by atoms with Crippen LogP contribution in [0.3, 0.4) is 0 Å². The second-order valence-electron chi connectivity index (χ2n) is 4.62. The molecule has 1 aromatic carbocycles. The molecule has 6 heteroatoms. The predicted molar refractivity (Wildman–Crippen MR) is 80.0 cm³/mol. The van der Waals surface area contributed by atoms with Gasteiger partial charge in [0.25, 0.3) is 5.91 Å². The highest BCUT2D eigenvalue weighted by atomic mass is 32.1. The van der Waals surface area contributed by atoms with E-state index < -0.39 is 6.10 Å². The fourth-order valence-electron chi connectivity index (χ4n) is 1.99. The maximum atomic E-state index is 12.2. The number of hydrogen-bond donors (Lipinski definition) is 2. The molecule has 0 saturated carbocycles. The van der Waals surface area contributed by atoms with Gasteiger partial charge in [-0.1, -0.05) is 37.7 Å². The second-order valence-corrected chi connectivity index (χ2v) is 5.09. The Morgan fingerprint density at radius 2 is 2.20 bits per heavy atom. The molecule has 0 radical (unpaired) electrons. The molecule has 3 N–H and O–H groups in total. The number of hydrogen-bond acceptors (Lipinski definition) is 4. The fraction of sp³-hybridized carbons (Fsp3) is 0.429. The van der Waals surface area contributed by atoms with E-state index >= 15 is 0 Å². The Balaban J connectivity index is 1.99. The Morgan fingerprint density at radius 3 is 2.85 bits per heavy atom. The molecule has 0 spiro atoms. The zero-order valence-corrected chi connectivity index (χ0v) is 12.1. The van der Waals surface area contributed by atoms with Gasteiger partial charge < -0.3 is 20.5 Å². The van der Waals surface area contributed by atoms with Gasteiger partial charge >= 0.3 is 0 Å². The third kappa shape index (κ3) is 3.39. The molecule has 2 unspecified atom stereocenters. The summed E-state index contributed by atoms with van der Waals surface area (Å²) in [7, 11) is 0. The van der Waals surface area contributed by atoms with Gasteiger partial charge in [0, 0.05) is 0 Å². The van der Waals surface area contributed by atoms with Gasteiger partial charge in [0.05, 0.1) is 11.0 Å². The largest absolute Gasteiger partial charge is 0.485 e. The molecule has 0 aliphatic carbocycles. The van der Waals surface area contributed by atoms with Crippen molar-refractivity contribution < 1.29 is 14.3 Å². The highest BCUT2D eigenvalue weighted by Crippen LogP contribution is 2.30. The molecule has 108 valence electrons. The van der Waals surface area contributed by atoms with Crippen LogP contribution in [0.2, 0.25) is 0 Å². The predicted octanol–water partition coefficient (Wildman–Crippen LogP) is 1.40.